The van der Waals surface area contributed by atoms with E-state index >= 15 is 0 Å². The van der Waals surface area contributed by atoms with E-state index in [-0.39, 0.29) is 19.0 Å². The highest BCUT2D eigenvalue weighted by Gasteiger charge is 2.23. The van der Waals surface area contributed by atoms with Crippen molar-refractivity contribution in [2.24, 2.45) is 0 Å². The molecule has 7 heteroatoms. The first-order valence-corrected chi connectivity index (χ1v) is 6.70. The Labute approximate surface area is 121 Å². The fourth-order valence-corrected chi connectivity index (χ4v) is 2.48. The fraction of sp³-hybridized carbons (Fsp3) is 0.462. The fourth-order valence-electron chi connectivity index (χ4n) is 1.47. The number of nitrogens with zero attached hydrogens (tertiary/aromatic N) is 1. The van der Waals surface area contributed by atoms with E-state index in [0.29, 0.717) is 4.88 Å². The Bertz CT molecular complexity index is 485. The van der Waals surface area contributed by atoms with Crippen LogP contribution in [-0.2, 0) is 19.1 Å². The van der Waals surface area contributed by atoms with Crippen LogP contribution >= 0.6 is 11.3 Å². The smallest absolute Gasteiger partial charge is 0.325 e. The first kappa shape index (κ1) is 16.2. The highest BCUT2D eigenvalue weighted by molar-refractivity contribution is 7.14. The van der Waals surface area contributed by atoms with Crippen LogP contribution in [0.25, 0.3) is 0 Å². The lowest BCUT2D eigenvalue weighted by Crippen LogP contribution is -2.39. The second-order valence-electron chi connectivity index (χ2n) is 4.16. The van der Waals surface area contributed by atoms with Crippen molar-refractivity contribution in [2.75, 3.05) is 27.3 Å². The molecule has 0 aliphatic heterocycles. The van der Waals surface area contributed by atoms with Gasteiger partial charge in [0.2, 0.25) is 0 Å². The van der Waals surface area contributed by atoms with Gasteiger partial charge in [0.25, 0.3) is 5.91 Å². The molecule has 0 aliphatic carbocycles. The minimum Gasteiger partial charge on any atom is -0.468 e. The van der Waals surface area contributed by atoms with Gasteiger partial charge in [0.1, 0.15) is 13.1 Å². The van der Waals surface area contributed by atoms with Crippen LogP contribution in [0.5, 0.6) is 0 Å². The summed E-state index contributed by atoms with van der Waals surface area (Å²) in [6.07, 6.45) is 0. The zero-order valence-corrected chi connectivity index (χ0v) is 12.7. The molecule has 0 unspecified atom stereocenters. The summed E-state index contributed by atoms with van der Waals surface area (Å²) in [5.74, 6) is -1.57. The summed E-state index contributed by atoms with van der Waals surface area (Å²) in [5.41, 5.74) is 0.995. The number of carbonyl (C=O) groups excluding carboxylic acids is 3. The molecule has 1 amide bonds. The molecule has 20 heavy (non-hydrogen) atoms. The lowest BCUT2D eigenvalue weighted by Gasteiger charge is -2.19. The van der Waals surface area contributed by atoms with Crippen LogP contribution in [0, 0.1) is 13.8 Å². The van der Waals surface area contributed by atoms with Gasteiger partial charge in [0.15, 0.2) is 0 Å². The maximum atomic E-state index is 12.3. The summed E-state index contributed by atoms with van der Waals surface area (Å²) in [6, 6.07) is 1.74. The van der Waals surface area contributed by atoms with Crippen molar-refractivity contribution in [3.8, 4) is 0 Å². The molecular weight excluding hydrogens is 282 g/mol. The molecule has 0 bridgehead atoms. The van der Waals surface area contributed by atoms with Crippen LogP contribution in [-0.4, -0.2) is 50.1 Å². The standard InChI is InChI=1S/C13H17NO5S/c1-8-5-10(20-9(8)2)13(17)14(6-11(15)18-3)7-12(16)19-4/h5H,6-7H2,1-4H3. The lowest BCUT2D eigenvalue weighted by atomic mass is 10.2. The van der Waals surface area contributed by atoms with Crippen LogP contribution in [0.3, 0.4) is 0 Å². The van der Waals surface area contributed by atoms with Crippen LogP contribution < -0.4 is 0 Å². The van der Waals surface area contributed by atoms with E-state index in [1.807, 2.05) is 13.8 Å². The van der Waals surface area contributed by atoms with Gasteiger partial charge in [-0.2, -0.15) is 0 Å². The molecule has 0 aliphatic rings. The Morgan fingerprint density at radius 2 is 1.60 bits per heavy atom. The molecular formula is C13H17NO5S. The molecule has 1 aromatic heterocycles. The highest BCUT2D eigenvalue weighted by Crippen LogP contribution is 2.22. The zero-order chi connectivity index (χ0) is 15.3. The van der Waals surface area contributed by atoms with E-state index in [1.54, 1.807) is 6.07 Å². The molecule has 110 valence electrons. The number of amides is 1. The number of rotatable bonds is 5. The Balaban J connectivity index is 2.93. The number of esters is 2. The van der Waals surface area contributed by atoms with Gasteiger partial charge in [0.05, 0.1) is 19.1 Å². The quantitative estimate of drug-likeness (QED) is 0.763. The second kappa shape index (κ2) is 7.04. The summed E-state index contributed by atoms with van der Waals surface area (Å²) in [6.45, 7) is 3.22. The topological polar surface area (TPSA) is 72.9 Å². The zero-order valence-electron chi connectivity index (χ0n) is 11.9. The Morgan fingerprint density at radius 3 is 1.95 bits per heavy atom. The molecule has 1 heterocycles. The molecule has 0 saturated carbocycles. The predicted octanol–water partition coefficient (Wildman–Crippen LogP) is 1.15. The normalized spacial score (nSPS) is 10.0. The second-order valence-corrected chi connectivity index (χ2v) is 5.42. The summed E-state index contributed by atoms with van der Waals surface area (Å²) in [5, 5.41) is 0. The largest absolute Gasteiger partial charge is 0.468 e. The van der Waals surface area contributed by atoms with Crippen LogP contribution in [0.4, 0.5) is 0 Å². The Hall–Kier alpha value is -1.89. The average Bonchev–Trinajstić information content (AvgIpc) is 2.76. The lowest BCUT2D eigenvalue weighted by molar-refractivity contribution is -0.144. The van der Waals surface area contributed by atoms with Crippen LogP contribution in [0.2, 0.25) is 0 Å². The van der Waals surface area contributed by atoms with Crippen LogP contribution in [0.1, 0.15) is 20.1 Å². The minimum absolute atomic E-state index is 0.291. The maximum absolute atomic E-state index is 12.3. The molecule has 0 N–H and O–H groups in total. The van der Waals surface area contributed by atoms with E-state index in [4.69, 9.17) is 0 Å². The number of carbonyl (C=O) groups is 3. The SMILES string of the molecule is COC(=O)CN(CC(=O)OC)C(=O)c1cc(C)c(C)s1. The van der Waals surface area contributed by atoms with Crippen molar-refractivity contribution in [3.63, 3.8) is 0 Å². The van der Waals surface area contributed by atoms with Crippen LogP contribution in [0.15, 0.2) is 6.07 Å². The van der Waals surface area contributed by atoms with Gasteiger partial charge in [-0.1, -0.05) is 0 Å². The van der Waals surface area contributed by atoms with Crippen molar-refractivity contribution in [3.05, 3.63) is 21.4 Å². The van der Waals surface area contributed by atoms with Gasteiger partial charge in [-0.3, -0.25) is 14.4 Å². The number of methoxy groups -OCH3 is 2. The molecule has 0 fully saturated rings. The summed E-state index contributed by atoms with van der Waals surface area (Å²) in [4.78, 5) is 37.6. The van der Waals surface area contributed by atoms with Crippen molar-refractivity contribution in [2.45, 2.75) is 13.8 Å². The number of thiophene rings is 1. The van der Waals surface area contributed by atoms with E-state index in [2.05, 4.69) is 9.47 Å². The van der Waals surface area contributed by atoms with E-state index < -0.39 is 11.9 Å². The summed E-state index contributed by atoms with van der Waals surface area (Å²) >= 11 is 1.32. The number of ether oxygens (including phenoxy) is 2. The summed E-state index contributed by atoms with van der Waals surface area (Å²) < 4.78 is 9.06. The van der Waals surface area contributed by atoms with Crippen molar-refractivity contribution in [1.82, 2.24) is 4.90 Å². The van der Waals surface area contributed by atoms with E-state index in [0.717, 1.165) is 15.3 Å². The number of aryl methyl sites for hydroxylation is 2. The van der Waals surface area contributed by atoms with Gasteiger partial charge >= 0.3 is 11.9 Å². The van der Waals surface area contributed by atoms with Crippen molar-refractivity contribution < 1.29 is 23.9 Å². The maximum Gasteiger partial charge on any atom is 0.325 e. The van der Waals surface area contributed by atoms with Crippen molar-refractivity contribution >= 4 is 29.2 Å². The molecule has 1 rings (SSSR count). The van der Waals surface area contributed by atoms with Gasteiger partial charge in [-0.05, 0) is 25.5 Å². The molecule has 1 aromatic rings. The van der Waals surface area contributed by atoms with Crippen molar-refractivity contribution in [1.29, 1.82) is 0 Å². The van der Waals surface area contributed by atoms with E-state index in [1.165, 1.54) is 25.6 Å². The summed E-state index contributed by atoms with van der Waals surface area (Å²) in [7, 11) is 2.45. The first-order chi connectivity index (χ1) is 9.38. The number of hydrogen-bond acceptors (Lipinski definition) is 6. The van der Waals surface area contributed by atoms with Gasteiger partial charge < -0.3 is 14.4 Å². The molecule has 0 radical (unpaired) electrons. The molecule has 6 nitrogen and oxygen atoms in total. The Kier molecular flexibility index (Phi) is 5.69. The first-order valence-electron chi connectivity index (χ1n) is 5.89. The third-order valence-electron chi connectivity index (χ3n) is 2.76. The third-order valence-corrected chi connectivity index (χ3v) is 3.90. The third kappa shape index (κ3) is 4.06. The average molecular weight is 299 g/mol. The highest BCUT2D eigenvalue weighted by atomic mass is 32.1. The molecule has 0 saturated heterocycles. The predicted molar refractivity (Wildman–Crippen MR) is 73.7 cm³/mol. The monoisotopic (exact) mass is 299 g/mol. The number of hydrogen-bond donors (Lipinski definition) is 0. The van der Waals surface area contributed by atoms with Gasteiger partial charge in [0, 0.05) is 4.88 Å². The molecule has 0 atom stereocenters. The molecule has 0 spiro atoms. The Morgan fingerprint density at radius 1 is 1.10 bits per heavy atom. The van der Waals surface area contributed by atoms with Gasteiger partial charge in [-0.15, -0.1) is 11.3 Å². The molecule has 0 aromatic carbocycles. The minimum atomic E-state index is -0.591. The van der Waals surface area contributed by atoms with Gasteiger partial charge in [-0.25, -0.2) is 0 Å². The van der Waals surface area contributed by atoms with E-state index in [9.17, 15) is 14.4 Å².